The van der Waals surface area contributed by atoms with Crippen LogP contribution in [0.2, 0.25) is 0 Å². The molecule has 2 heterocycles. The van der Waals surface area contributed by atoms with Crippen molar-refractivity contribution >= 4 is 0 Å². The molecule has 1 fully saturated rings. The molecule has 4 heteroatoms. The highest BCUT2D eigenvalue weighted by atomic mass is 16.5. The molecular formula is C12H16N2O2. The smallest absolute Gasteiger partial charge is 0.126 e. The van der Waals surface area contributed by atoms with Gasteiger partial charge in [-0.2, -0.15) is 5.26 Å². The fourth-order valence-electron chi connectivity index (χ4n) is 2.23. The third-order valence-corrected chi connectivity index (χ3v) is 3.01. The summed E-state index contributed by atoms with van der Waals surface area (Å²) in [6, 6.07) is 6.20. The van der Waals surface area contributed by atoms with Crippen LogP contribution in [0, 0.1) is 23.7 Å². The predicted molar refractivity (Wildman–Crippen MR) is 58.7 cm³/mol. The van der Waals surface area contributed by atoms with E-state index in [2.05, 4.69) is 6.07 Å². The highest BCUT2D eigenvalue weighted by molar-refractivity contribution is 5.20. The number of aryl methyl sites for hydroxylation is 1. The lowest BCUT2D eigenvalue weighted by Gasteiger charge is -2.43. The van der Waals surface area contributed by atoms with Crippen molar-refractivity contribution in [2.24, 2.45) is 5.41 Å². The number of nitrogens with zero attached hydrogens (tertiary/aromatic N) is 2. The van der Waals surface area contributed by atoms with Crippen LogP contribution in [0.3, 0.4) is 0 Å². The van der Waals surface area contributed by atoms with Crippen molar-refractivity contribution < 1.29 is 9.15 Å². The first-order chi connectivity index (χ1) is 7.59. The van der Waals surface area contributed by atoms with E-state index in [1.165, 1.54) is 0 Å². The van der Waals surface area contributed by atoms with Crippen molar-refractivity contribution in [2.45, 2.75) is 13.0 Å². The van der Waals surface area contributed by atoms with E-state index in [4.69, 9.17) is 9.15 Å². The van der Waals surface area contributed by atoms with Crippen LogP contribution >= 0.6 is 0 Å². The highest BCUT2D eigenvalue weighted by Gasteiger charge is 2.49. The molecule has 1 aromatic rings. The van der Waals surface area contributed by atoms with Gasteiger partial charge in [0.15, 0.2) is 0 Å². The molecule has 1 unspecified atom stereocenters. The highest BCUT2D eigenvalue weighted by Crippen LogP contribution is 2.43. The summed E-state index contributed by atoms with van der Waals surface area (Å²) in [7, 11) is 3.92. The van der Waals surface area contributed by atoms with E-state index in [1.54, 1.807) is 0 Å². The van der Waals surface area contributed by atoms with Gasteiger partial charge in [0.2, 0.25) is 0 Å². The molecule has 0 N–H and O–H groups in total. The van der Waals surface area contributed by atoms with Crippen molar-refractivity contribution in [2.75, 3.05) is 27.3 Å². The van der Waals surface area contributed by atoms with Gasteiger partial charge in [-0.25, -0.2) is 0 Å². The van der Waals surface area contributed by atoms with Crippen molar-refractivity contribution in [3.05, 3.63) is 23.7 Å². The van der Waals surface area contributed by atoms with E-state index in [0.717, 1.165) is 11.5 Å². The Balaban J connectivity index is 2.35. The molecule has 16 heavy (non-hydrogen) atoms. The zero-order valence-electron chi connectivity index (χ0n) is 9.86. The molecule has 0 aliphatic carbocycles. The second kappa shape index (κ2) is 3.93. The molecule has 1 aliphatic rings. The number of rotatable bonds is 3. The van der Waals surface area contributed by atoms with Crippen LogP contribution in [0.1, 0.15) is 17.6 Å². The molecule has 1 aliphatic heterocycles. The fraction of sp³-hybridized carbons (Fsp3) is 0.583. The van der Waals surface area contributed by atoms with Gasteiger partial charge in [-0.1, -0.05) is 0 Å². The molecule has 4 nitrogen and oxygen atoms in total. The lowest BCUT2D eigenvalue weighted by atomic mass is 9.78. The van der Waals surface area contributed by atoms with Crippen molar-refractivity contribution in [3.63, 3.8) is 0 Å². The first kappa shape index (κ1) is 11.2. The summed E-state index contributed by atoms with van der Waals surface area (Å²) in [4.78, 5) is 2.02. The number of ether oxygens (including phenoxy) is 1. The maximum Gasteiger partial charge on any atom is 0.126 e. The van der Waals surface area contributed by atoms with Crippen LogP contribution in [-0.4, -0.2) is 32.2 Å². The van der Waals surface area contributed by atoms with Gasteiger partial charge in [0.1, 0.15) is 16.9 Å². The van der Waals surface area contributed by atoms with Gasteiger partial charge < -0.3 is 9.15 Å². The molecule has 0 amide bonds. The zero-order chi connectivity index (χ0) is 11.8. The van der Waals surface area contributed by atoms with Crippen molar-refractivity contribution in [3.8, 4) is 6.07 Å². The third-order valence-electron chi connectivity index (χ3n) is 3.01. The number of nitriles is 1. The minimum absolute atomic E-state index is 0.0417. The molecule has 1 atom stereocenters. The summed E-state index contributed by atoms with van der Waals surface area (Å²) in [6.45, 7) is 2.87. The van der Waals surface area contributed by atoms with Crippen LogP contribution in [0.15, 0.2) is 16.5 Å². The van der Waals surface area contributed by atoms with Gasteiger partial charge in [0.25, 0.3) is 0 Å². The van der Waals surface area contributed by atoms with Gasteiger partial charge in [0, 0.05) is 0 Å². The third kappa shape index (κ3) is 1.62. The Morgan fingerprint density at radius 2 is 2.12 bits per heavy atom. The number of hydrogen-bond acceptors (Lipinski definition) is 4. The first-order valence-corrected chi connectivity index (χ1v) is 5.31. The topological polar surface area (TPSA) is 49.4 Å². The molecular weight excluding hydrogens is 204 g/mol. The second-order valence-corrected chi connectivity index (χ2v) is 4.58. The van der Waals surface area contributed by atoms with E-state index in [1.807, 2.05) is 38.1 Å². The molecule has 0 aromatic carbocycles. The monoisotopic (exact) mass is 220 g/mol. The lowest BCUT2D eigenvalue weighted by molar-refractivity contribution is -0.119. The maximum atomic E-state index is 9.33. The van der Waals surface area contributed by atoms with Crippen molar-refractivity contribution in [1.29, 1.82) is 5.26 Å². The van der Waals surface area contributed by atoms with Gasteiger partial charge in [-0.05, 0) is 33.2 Å². The minimum Gasteiger partial charge on any atom is -0.465 e. The lowest BCUT2D eigenvalue weighted by Crippen LogP contribution is -2.50. The van der Waals surface area contributed by atoms with Crippen LogP contribution in [0.4, 0.5) is 0 Å². The molecule has 0 spiro atoms. The molecule has 0 saturated carbocycles. The van der Waals surface area contributed by atoms with E-state index < -0.39 is 5.41 Å². The van der Waals surface area contributed by atoms with Gasteiger partial charge in [0.05, 0.1) is 25.3 Å². The summed E-state index contributed by atoms with van der Waals surface area (Å²) in [6.07, 6.45) is 0. The Kier molecular flexibility index (Phi) is 2.75. The summed E-state index contributed by atoms with van der Waals surface area (Å²) >= 11 is 0. The van der Waals surface area contributed by atoms with Crippen molar-refractivity contribution in [1.82, 2.24) is 4.90 Å². The van der Waals surface area contributed by atoms with Crippen LogP contribution in [0.5, 0.6) is 0 Å². The summed E-state index contributed by atoms with van der Waals surface area (Å²) in [5.41, 5.74) is -0.464. The Hall–Kier alpha value is -1.31. The largest absolute Gasteiger partial charge is 0.465 e. The maximum absolute atomic E-state index is 9.33. The van der Waals surface area contributed by atoms with Crippen LogP contribution in [-0.2, 0) is 4.74 Å². The molecule has 2 rings (SSSR count). The van der Waals surface area contributed by atoms with Crippen LogP contribution in [0.25, 0.3) is 0 Å². The normalized spacial score (nSPS) is 20.2. The number of furan rings is 1. The Morgan fingerprint density at radius 3 is 2.44 bits per heavy atom. The summed E-state index contributed by atoms with van der Waals surface area (Å²) < 4.78 is 10.8. The van der Waals surface area contributed by atoms with Gasteiger partial charge in [-0.15, -0.1) is 0 Å². The Morgan fingerprint density at radius 1 is 1.44 bits per heavy atom. The average Bonchev–Trinajstić information content (AvgIpc) is 2.57. The number of hydrogen-bond donors (Lipinski definition) is 0. The molecule has 0 bridgehead atoms. The predicted octanol–water partition coefficient (Wildman–Crippen LogP) is 1.73. The van der Waals surface area contributed by atoms with E-state index in [0.29, 0.717) is 13.2 Å². The summed E-state index contributed by atoms with van der Waals surface area (Å²) in [5.74, 6) is 1.71. The average molecular weight is 220 g/mol. The molecule has 1 aromatic heterocycles. The summed E-state index contributed by atoms with van der Waals surface area (Å²) in [5, 5.41) is 9.33. The van der Waals surface area contributed by atoms with E-state index in [-0.39, 0.29) is 6.04 Å². The standard InChI is InChI=1S/C12H16N2O2/c1-9-4-5-10(16-9)11(14(2)3)12(6-13)7-15-8-12/h4-5,11H,7-8H2,1-3H3. The molecule has 1 saturated heterocycles. The Bertz CT molecular complexity index is 413. The van der Waals surface area contributed by atoms with Crippen LogP contribution < -0.4 is 0 Å². The second-order valence-electron chi connectivity index (χ2n) is 4.58. The molecule has 0 radical (unpaired) electrons. The minimum atomic E-state index is -0.464. The molecule has 86 valence electrons. The SMILES string of the molecule is Cc1ccc(C(N(C)C)C2(C#N)COC2)o1. The Labute approximate surface area is 95.4 Å². The van der Waals surface area contributed by atoms with Gasteiger partial charge in [-0.3, -0.25) is 4.90 Å². The fourth-order valence-corrected chi connectivity index (χ4v) is 2.23. The first-order valence-electron chi connectivity index (χ1n) is 5.31. The van der Waals surface area contributed by atoms with E-state index >= 15 is 0 Å². The van der Waals surface area contributed by atoms with Gasteiger partial charge >= 0.3 is 0 Å². The van der Waals surface area contributed by atoms with E-state index in [9.17, 15) is 5.26 Å². The zero-order valence-corrected chi connectivity index (χ0v) is 9.86. The quantitative estimate of drug-likeness (QED) is 0.778.